The van der Waals surface area contributed by atoms with E-state index < -0.39 is 35.1 Å². The number of halogens is 2. The fourth-order valence-corrected chi connectivity index (χ4v) is 4.70. The Balaban J connectivity index is 1.74. The predicted octanol–water partition coefficient (Wildman–Crippen LogP) is 6.22. The average molecular weight is 484 g/mol. The van der Waals surface area contributed by atoms with E-state index in [1.54, 1.807) is 41.8 Å². The Bertz CT molecular complexity index is 1220. The van der Waals surface area contributed by atoms with Gasteiger partial charge in [-0.05, 0) is 54.3 Å². The van der Waals surface area contributed by atoms with Gasteiger partial charge in [0.05, 0.1) is 17.9 Å². The van der Waals surface area contributed by atoms with Crippen molar-refractivity contribution in [2.45, 2.75) is 32.2 Å². The minimum Gasteiger partial charge on any atom is -0.507 e. The van der Waals surface area contributed by atoms with Crippen LogP contribution in [0.15, 0.2) is 65.6 Å². The van der Waals surface area contributed by atoms with E-state index in [0.29, 0.717) is 22.8 Å². The molecule has 5 nitrogen and oxygen atoms in total. The van der Waals surface area contributed by atoms with Gasteiger partial charge in [0.15, 0.2) is 0 Å². The largest absolute Gasteiger partial charge is 0.507 e. The standard InChI is InChI=1S/C26H23F2NO4S/c1-2-3-4-13-33-18-10-7-16(8-11-18)24(30)22-23(21-6-5-14-34-21)29(26(32)25(22)31)20-15-17(27)9-12-19(20)28/h5-12,14-15,23,30H,2-4,13H2,1H3/b24-22-. The number of thiophene rings is 1. The maximum absolute atomic E-state index is 14.6. The van der Waals surface area contributed by atoms with Gasteiger partial charge in [-0.2, -0.15) is 0 Å². The number of hydrogen-bond donors (Lipinski definition) is 1. The van der Waals surface area contributed by atoms with E-state index in [4.69, 9.17) is 4.74 Å². The molecule has 1 fully saturated rings. The van der Waals surface area contributed by atoms with Crippen LogP contribution in [0.1, 0.15) is 42.7 Å². The van der Waals surface area contributed by atoms with E-state index in [9.17, 15) is 23.5 Å². The van der Waals surface area contributed by atoms with Gasteiger partial charge in [0.25, 0.3) is 11.7 Å². The third kappa shape index (κ3) is 4.59. The van der Waals surface area contributed by atoms with Gasteiger partial charge in [0.1, 0.15) is 29.2 Å². The van der Waals surface area contributed by atoms with Gasteiger partial charge in [-0.15, -0.1) is 11.3 Å². The highest BCUT2D eigenvalue weighted by Crippen LogP contribution is 2.44. The molecule has 176 valence electrons. The van der Waals surface area contributed by atoms with E-state index in [-0.39, 0.29) is 11.3 Å². The Morgan fingerprint density at radius 2 is 1.85 bits per heavy atom. The van der Waals surface area contributed by atoms with Crippen LogP contribution in [-0.2, 0) is 9.59 Å². The lowest BCUT2D eigenvalue weighted by atomic mass is 9.99. The number of hydrogen-bond acceptors (Lipinski definition) is 5. The van der Waals surface area contributed by atoms with E-state index in [1.165, 1.54) is 11.3 Å². The zero-order chi connectivity index (χ0) is 24.2. The first-order chi connectivity index (χ1) is 16.4. The lowest BCUT2D eigenvalue weighted by molar-refractivity contribution is -0.132. The molecule has 0 aliphatic carbocycles. The summed E-state index contributed by atoms with van der Waals surface area (Å²) in [7, 11) is 0. The van der Waals surface area contributed by atoms with Crippen LogP contribution in [0.2, 0.25) is 0 Å². The summed E-state index contributed by atoms with van der Waals surface area (Å²) in [6.45, 7) is 2.68. The fraction of sp³-hybridized carbons (Fsp3) is 0.231. The maximum atomic E-state index is 14.6. The SMILES string of the molecule is CCCCCOc1ccc(/C(O)=C2/C(=O)C(=O)N(c3cc(F)ccc3F)C2c2cccs2)cc1. The number of benzene rings is 2. The van der Waals surface area contributed by atoms with Crippen molar-refractivity contribution in [3.8, 4) is 5.75 Å². The lowest BCUT2D eigenvalue weighted by Crippen LogP contribution is -2.30. The first-order valence-corrected chi connectivity index (χ1v) is 11.8. The number of Topliss-reactive ketones (excluding diaryl/α,β-unsaturated/α-hetero) is 1. The quantitative estimate of drug-likeness (QED) is 0.179. The molecule has 8 heteroatoms. The molecule has 0 radical (unpaired) electrons. The second-order valence-corrected chi connectivity index (χ2v) is 8.84. The molecular weight excluding hydrogens is 460 g/mol. The second-order valence-electron chi connectivity index (χ2n) is 7.86. The number of aliphatic hydroxyl groups excluding tert-OH is 1. The zero-order valence-corrected chi connectivity index (χ0v) is 19.3. The number of rotatable bonds is 8. The molecule has 0 spiro atoms. The Morgan fingerprint density at radius 1 is 1.09 bits per heavy atom. The number of carbonyl (C=O) groups is 2. The van der Waals surface area contributed by atoms with E-state index >= 15 is 0 Å². The van der Waals surface area contributed by atoms with Crippen molar-refractivity contribution in [2.24, 2.45) is 0 Å². The van der Waals surface area contributed by atoms with Crippen molar-refractivity contribution in [3.63, 3.8) is 0 Å². The molecule has 1 amide bonds. The van der Waals surface area contributed by atoms with Crippen molar-refractivity contribution in [3.05, 3.63) is 87.6 Å². The van der Waals surface area contributed by atoms with Crippen LogP contribution in [0.5, 0.6) is 5.75 Å². The molecule has 1 unspecified atom stereocenters. The van der Waals surface area contributed by atoms with Crippen molar-refractivity contribution in [1.29, 1.82) is 0 Å². The van der Waals surface area contributed by atoms with E-state index in [1.807, 2.05) is 0 Å². The van der Waals surface area contributed by atoms with Crippen molar-refractivity contribution < 1.29 is 28.2 Å². The highest BCUT2D eigenvalue weighted by molar-refractivity contribution is 7.10. The summed E-state index contributed by atoms with van der Waals surface area (Å²) in [5, 5.41) is 12.8. The summed E-state index contributed by atoms with van der Waals surface area (Å²) < 4.78 is 34.2. The van der Waals surface area contributed by atoms with Gasteiger partial charge >= 0.3 is 0 Å². The zero-order valence-electron chi connectivity index (χ0n) is 18.5. The molecule has 1 atom stereocenters. The van der Waals surface area contributed by atoms with Crippen LogP contribution in [0.3, 0.4) is 0 Å². The first-order valence-electron chi connectivity index (χ1n) is 10.9. The predicted molar refractivity (Wildman–Crippen MR) is 127 cm³/mol. The van der Waals surface area contributed by atoms with Crippen LogP contribution >= 0.6 is 11.3 Å². The van der Waals surface area contributed by atoms with Crippen LogP contribution < -0.4 is 9.64 Å². The molecule has 1 N–H and O–H groups in total. The summed E-state index contributed by atoms with van der Waals surface area (Å²) in [5.74, 6) is -3.40. The Hall–Kier alpha value is -3.52. The van der Waals surface area contributed by atoms with E-state index in [2.05, 4.69) is 6.92 Å². The van der Waals surface area contributed by atoms with Gasteiger partial charge in [-0.1, -0.05) is 25.8 Å². The molecule has 1 aliphatic heterocycles. The maximum Gasteiger partial charge on any atom is 0.300 e. The van der Waals surface area contributed by atoms with Crippen molar-refractivity contribution in [2.75, 3.05) is 11.5 Å². The number of carbonyl (C=O) groups excluding carboxylic acids is 2. The highest BCUT2D eigenvalue weighted by Gasteiger charge is 2.48. The second kappa shape index (κ2) is 10.2. The highest BCUT2D eigenvalue weighted by atomic mass is 32.1. The Morgan fingerprint density at radius 3 is 2.53 bits per heavy atom. The summed E-state index contributed by atoms with van der Waals surface area (Å²) in [5.41, 5.74) is -0.247. The molecule has 1 aliphatic rings. The van der Waals surface area contributed by atoms with Gasteiger partial charge in [-0.25, -0.2) is 8.78 Å². The monoisotopic (exact) mass is 483 g/mol. The number of ketones is 1. The molecule has 2 aromatic carbocycles. The molecule has 1 saturated heterocycles. The van der Waals surface area contributed by atoms with Crippen LogP contribution in [0, 0.1) is 11.6 Å². The van der Waals surface area contributed by atoms with Gasteiger partial charge < -0.3 is 9.84 Å². The smallest absolute Gasteiger partial charge is 0.300 e. The number of ether oxygens (including phenoxy) is 1. The Kier molecular flexibility index (Phi) is 7.07. The lowest BCUT2D eigenvalue weighted by Gasteiger charge is -2.24. The number of aliphatic hydroxyl groups is 1. The van der Waals surface area contributed by atoms with Gasteiger partial charge in [0.2, 0.25) is 0 Å². The summed E-state index contributed by atoms with van der Waals surface area (Å²) in [4.78, 5) is 27.4. The molecule has 0 saturated carbocycles. The fourth-order valence-electron chi connectivity index (χ4n) is 3.87. The number of unbranched alkanes of at least 4 members (excludes halogenated alkanes) is 2. The summed E-state index contributed by atoms with van der Waals surface area (Å²) >= 11 is 1.24. The third-order valence-electron chi connectivity index (χ3n) is 5.57. The molecule has 34 heavy (non-hydrogen) atoms. The van der Waals surface area contributed by atoms with Gasteiger partial charge in [-0.3, -0.25) is 14.5 Å². The third-order valence-corrected chi connectivity index (χ3v) is 6.49. The number of anilines is 1. The minimum atomic E-state index is -1.10. The molecule has 4 rings (SSSR count). The number of amides is 1. The van der Waals surface area contributed by atoms with Crippen LogP contribution in [0.25, 0.3) is 5.76 Å². The van der Waals surface area contributed by atoms with Gasteiger partial charge in [0, 0.05) is 16.5 Å². The van der Waals surface area contributed by atoms with Crippen molar-refractivity contribution >= 4 is 34.5 Å². The summed E-state index contributed by atoms with van der Waals surface area (Å²) in [6.07, 6.45) is 3.07. The molecule has 2 heterocycles. The van der Waals surface area contributed by atoms with Crippen molar-refractivity contribution in [1.82, 2.24) is 0 Å². The van der Waals surface area contributed by atoms with E-state index in [0.717, 1.165) is 42.4 Å². The molecule has 3 aromatic rings. The van der Waals surface area contributed by atoms with Crippen LogP contribution in [-0.4, -0.2) is 23.4 Å². The minimum absolute atomic E-state index is 0.187. The van der Waals surface area contributed by atoms with Crippen LogP contribution in [0.4, 0.5) is 14.5 Å². The average Bonchev–Trinajstić information content (AvgIpc) is 3.45. The first kappa shape index (κ1) is 23.6. The summed E-state index contributed by atoms with van der Waals surface area (Å²) in [6, 6.07) is 11.5. The number of nitrogens with zero attached hydrogens (tertiary/aromatic N) is 1. The molecule has 0 bridgehead atoms. The Labute approximate surface area is 199 Å². The molecule has 1 aromatic heterocycles. The molecular formula is C26H23F2NO4S. The topological polar surface area (TPSA) is 66.8 Å². The normalized spacial score (nSPS) is 17.4.